The van der Waals surface area contributed by atoms with Gasteiger partial charge in [0, 0.05) is 17.8 Å². The lowest BCUT2D eigenvalue weighted by molar-refractivity contribution is -0.118. The van der Waals surface area contributed by atoms with Crippen LogP contribution in [0.3, 0.4) is 0 Å². The largest absolute Gasteiger partial charge is 0.485 e. The first-order chi connectivity index (χ1) is 7.27. The topological polar surface area (TPSA) is 39.2 Å². The minimum Gasteiger partial charge on any atom is -0.485 e. The SMILES string of the molecule is CC1SC=C(OCc2ccncc2)C1=O. The maximum Gasteiger partial charge on any atom is 0.210 e. The van der Waals surface area contributed by atoms with Crippen molar-refractivity contribution >= 4 is 17.5 Å². The molecule has 0 radical (unpaired) electrons. The van der Waals surface area contributed by atoms with Crippen molar-refractivity contribution in [2.45, 2.75) is 18.8 Å². The van der Waals surface area contributed by atoms with Gasteiger partial charge in [-0.15, -0.1) is 11.8 Å². The third kappa shape index (κ3) is 2.39. The molecule has 1 unspecified atom stereocenters. The fourth-order valence-corrected chi connectivity index (χ4v) is 1.98. The number of carbonyl (C=O) groups is 1. The molecular formula is C11H11NO2S. The van der Waals surface area contributed by atoms with Gasteiger partial charge in [-0.05, 0) is 24.6 Å². The van der Waals surface area contributed by atoms with E-state index in [0.717, 1.165) is 5.56 Å². The van der Waals surface area contributed by atoms with Crippen LogP contribution in [0.2, 0.25) is 0 Å². The first-order valence-corrected chi connectivity index (χ1v) is 5.63. The number of rotatable bonds is 3. The third-order valence-corrected chi connectivity index (χ3v) is 3.11. The molecule has 0 spiro atoms. The van der Waals surface area contributed by atoms with Gasteiger partial charge in [-0.2, -0.15) is 0 Å². The van der Waals surface area contributed by atoms with Crippen LogP contribution in [0.4, 0.5) is 0 Å². The highest BCUT2D eigenvalue weighted by molar-refractivity contribution is 8.03. The zero-order valence-corrected chi connectivity index (χ0v) is 9.16. The fourth-order valence-electron chi connectivity index (χ4n) is 1.23. The zero-order chi connectivity index (χ0) is 10.7. The van der Waals surface area contributed by atoms with E-state index >= 15 is 0 Å². The average Bonchev–Trinajstić information content (AvgIpc) is 2.59. The lowest BCUT2D eigenvalue weighted by Gasteiger charge is -2.05. The Morgan fingerprint density at radius 3 is 2.80 bits per heavy atom. The van der Waals surface area contributed by atoms with E-state index in [0.29, 0.717) is 12.4 Å². The van der Waals surface area contributed by atoms with E-state index in [4.69, 9.17) is 4.74 Å². The number of thioether (sulfide) groups is 1. The Labute approximate surface area is 92.5 Å². The van der Waals surface area contributed by atoms with Crippen LogP contribution in [0, 0.1) is 0 Å². The smallest absolute Gasteiger partial charge is 0.210 e. The number of allylic oxidation sites excluding steroid dienone is 1. The van der Waals surface area contributed by atoms with E-state index < -0.39 is 0 Å². The number of ketones is 1. The van der Waals surface area contributed by atoms with Gasteiger partial charge >= 0.3 is 0 Å². The summed E-state index contributed by atoms with van der Waals surface area (Å²) in [6, 6.07) is 3.74. The number of ether oxygens (including phenoxy) is 1. The molecule has 0 saturated heterocycles. The molecule has 1 aliphatic rings. The van der Waals surface area contributed by atoms with Crippen LogP contribution >= 0.6 is 11.8 Å². The summed E-state index contributed by atoms with van der Waals surface area (Å²) in [5.41, 5.74) is 1.02. The first kappa shape index (κ1) is 10.2. The molecular weight excluding hydrogens is 210 g/mol. The summed E-state index contributed by atoms with van der Waals surface area (Å²) in [6.45, 7) is 2.31. The van der Waals surface area contributed by atoms with Crippen molar-refractivity contribution in [2.24, 2.45) is 0 Å². The van der Waals surface area contributed by atoms with Gasteiger partial charge in [0.2, 0.25) is 5.78 Å². The van der Waals surface area contributed by atoms with Crippen LogP contribution in [0.5, 0.6) is 0 Å². The van der Waals surface area contributed by atoms with Gasteiger partial charge in [-0.25, -0.2) is 0 Å². The molecule has 1 aromatic heterocycles. The molecule has 15 heavy (non-hydrogen) atoms. The van der Waals surface area contributed by atoms with Crippen LogP contribution in [0.25, 0.3) is 0 Å². The summed E-state index contributed by atoms with van der Waals surface area (Å²) in [5.74, 6) is 0.554. The summed E-state index contributed by atoms with van der Waals surface area (Å²) in [4.78, 5) is 15.4. The second kappa shape index (κ2) is 4.49. The molecule has 3 nitrogen and oxygen atoms in total. The highest BCUT2D eigenvalue weighted by atomic mass is 32.2. The van der Waals surface area contributed by atoms with Crippen LogP contribution in [-0.2, 0) is 16.1 Å². The molecule has 0 amide bonds. The molecule has 0 N–H and O–H groups in total. The van der Waals surface area contributed by atoms with E-state index in [1.165, 1.54) is 11.8 Å². The Morgan fingerprint density at radius 2 is 2.20 bits per heavy atom. The third-order valence-electron chi connectivity index (χ3n) is 2.13. The summed E-state index contributed by atoms with van der Waals surface area (Å²) in [6.07, 6.45) is 3.42. The monoisotopic (exact) mass is 221 g/mol. The van der Waals surface area contributed by atoms with Gasteiger partial charge in [-0.1, -0.05) is 0 Å². The molecule has 0 fully saturated rings. The van der Waals surface area contributed by atoms with Crippen molar-refractivity contribution in [1.29, 1.82) is 0 Å². The molecule has 1 atom stereocenters. The van der Waals surface area contributed by atoms with Gasteiger partial charge in [0.1, 0.15) is 6.61 Å². The van der Waals surface area contributed by atoms with Crippen molar-refractivity contribution in [3.63, 3.8) is 0 Å². The number of aromatic nitrogens is 1. The first-order valence-electron chi connectivity index (χ1n) is 4.69. The summed E-state index contributed by atoms with van der Waals surface area (Å²) >= 11 is 1.50. The second-order valence-corrected chi connectivity index (χ2v) is 4.48. The highest BCUT2D eigenvalue weighted by Crippen LogP contribution is 2.27. The lowest BCUT2D eigenvalue weighted by atomic mass is 10.2. The molecule has 0 aliphatic carbocycles. The minimum absolute atomic E-state index is 0.00237. The Bertz CT molecular complexity index is 389. The average molecular weight is 221 g/mol. The van der Waals surface area contributed by atoms with E-state index in [1.54, 1.807) is 17.8 Å². The highest BCUT2D eigenvalue weighted by Gasteiger charge is 2.25. The maximum atomic E-state index is 11.5. The molecule has 0 aromatic carbocycles. The summed E-state index contributed by atoms with van der Waals surface area (Å²) in [5, 5.41) is 1.78. The molecule has 1 aromatic rings. The van der Waals surface area contributed by atoms with E-state index in [1.807, 2.05) is 19.1 Å². The zero-order valence-electron chi connectivity index (χ0n) is 8.34. The molecule has 2 rings (SSSR count). The van der Waals surface area contributed by atoms with Crippen molar-refractivity contribution in [3.05, 3.63) is 41.3 Å². The Kier molecular flexibility index (Phi) is 3.06. The van der Waals surface area contributed by atoms with Crippen molar-refractivity contribution in [2.75, 3.05) is 0 Å². The number of nitrogens with zero attached hydrogens (tertiary/aromatic N) is 1. The predicted molar refractivity (Wildman–Crippen MR) is 59.2 cm³/mol. The fraction of sp³-hybridized carbons (Fsp3) is 0.273. The summed E-state index contributed by atoms with van der Waals surface area (Å²) < 4.78 is 5.43. The number of carbonyl (C=O) groups excluding carboxylic acids is 1. The van der Waals surface area contributed by atoms with Crippen molar-refractivity contribution in [3.8, 4) is 0 Å². The molecule has 2 heterocycles. The van der Waals surface area contributed by atoms with Crippen LogP contribution in [0.15, 0.2) is 35.7 Å². The Hall–Kier alpha value is -1.29. The van der Waals surface area contributed by atoms with Gasteiger partial charge in [-0.3, -0.25) is 9.78 Å². The predicted octanol–water partition coefficient (Wildman–Crippen LogP) is 2.14. The van der Waals surface area contributed by atoms with Crippen LogP contribution in [0.1, 0.15) is 12.5 Å². The van der Waals surface area contributed by atoms with Gasteiger partial charge in [0.15, 0.2) is 5.76 Å². The van der Waals surface area contributed by atoms with E-state index in [-0.39, 0.29) is 11.0 Å². The number of Topliss-reactive ketones (excluding diaryl/α,β-unsaturated/α-hetero) is 1. The minimum atomic E-state index is -0.00237. The quantitative estimate of drug-likeness (QED) is 0.784. The van der Waals surface area contributed by atoms with Crippen molar-refractivity contribution in [1.82, 2.24) is 4.98 Å². The number of hydrogen-bond acceptors (Lipinski definition) is 4. The standard InChI is InChI=1S/C11H11NO2S/c1-8-11(13)10(7-15-8)14-6-9-2-4-12-5-3-9/h2-5,7-8H,6H2,1H3. The lowest BCUT2D eigenvalue weighted by Crippen LogP contribution is -2.11. The summed E-state index contributed by atoms with van der Waals surface area (Å²) in [7, 11) is 0. The van der Waals surface area contributed by atoms with E-state index in [2.05, 4.69) is 4.98 Å². The van der Waals surface area contributed by atoms with Crippen LogP contribution in [-0.4, -0.2) is 16.0 Å². The second-order valence-electron chi connectivity index (χ2n) is 3.27. The Morgan fingerprint density at radius 1 is 1.47 bits per heavy atom. The normalized spacial score (nSPS) is 20.2. The number of pyridine rings is 1. The van der Waals surface area contributed by atoms with Crippen molar-refractivity contribution < 1.29 is 9.53 Å². The van der Waals surface area contributed by atoms with Crippen LogP contribution < -0.4 is 0 Å². The Balaban J connectivity index is 1.92. The van der Waals surface area contributed by atoms with Gasteiger partial charge in [0.25, 0.3) is 0 Å². The molecule has 0 bridgehead atoms. The molecule has 4 heteroatoms. The van der Waals surface area contributed by atoms with Gasteiger partial charge < -0.3 is 4.74 Å². The maximum absolute atomic E-state index is 11.5. The number of hydrogen-bond donors (Lipinski definition) is 0. The molecule has 1 aliphatic heterocycles. The van der Waals surface area contributed by atoms with E-state index in [9.17, 15) is 4.79 Å². The van der Waals surface area contributed by atoms with Gasteiger partial charge in [0.05, 0.1) is 5.25 Å². The molecule has 0 saturated carbocycles. The molecule has 78 valence electrons.